The fourth-order valence-corrected chi connectivity index (χ4v) is 2.76. The predicted molar refractivity (Wildman–Crippen MR) is 76.2 cm³/mol. The van der Waals surface area contributed by atoms with Gasteiger partial charge in [-0.15, -0.1) is 0 Å². The molecule has 0 spiro atoms. The number of aromatic amines is 1. The van der Waals surface area contributed by atoms with Crippen molar-refractivity contribution in [1.29, 1.82) is 0 Å². The molecule has 0 aliphatic carbocycles. The van der Waals surface area contributed by atoms with Crippen LogP contribution in [-0.2, 0) is 65.4 Å². The summed E-state index contributed by atoms with van der Waals surface area (Å²) in [5.41, 5.74) is 6.01. The quantitative estimate of drug-likeness (QED) is 0.456. The van der Waals surface area contributed by atoms with Crippen LogP contribution in [0.1, 0.15) is 16.7 Å². The van der Waals surface area contributed by atoms with Gasteiger partial charge in [-0.25, -0.2) is 15.5 Å². The second-order valence-corrected chi connectivity index (χ2v) is 4.95. The molecule has 2 heterocycles. The summed E-state index contributed by atoms with van der Waals surface area (Å²) in [6.07, 6.45) is 3.37. The molecule has 1 aromatic carbocycles. The van der Waals surface area contributed by atoms with Crippen molar-refractivity contribution in [1.82, 2.24) is 15.0 Å². The van der Waals surface area contributed by atoms with Crippen LogP contribution in [0.4, 0.5) is 0 Å². The van der Waals surface area contributed by atoms with Gasteiger partial charge in [0, 0.05) is 70.8 Å². The molecule has 2 aromatic heterocycles. The third kappa shape index (κ3) is 3.64. The van der Waals surface area contributed by atoms with Gasteiger partial charge in [0.25, 0.3) is 0 Å². The topological polar surface area (TPSA) is 41.6 Å². The molecule has 0 amide bonds. The summed E-state index contributed by atoms with van der Waals surface area (Å²) in [7, 11) is 0. The smallest absolute Gasteiger partial charge is 0.140 e. The summed E-state index contributed by atoms with van der Waals surface area (Å²) in [6.45, 7) is 6.08. The molecular formula is C15H12ClN3Y2-2. The Labute approximate surface area is 179 Å². The van der Waals surface area contributed by atoms with E-state index in [1.165, 1.54) is 6.33 Å². The van der Waals surface area contributed by atoms with Crippen molar-refractivity contribution in [3.8, 4) is 11.1 Å². The molecule has 1 N–H and O–H groups in total. The van der Waals surface area contributed by atoms with Crippen LogP contribution in [0.2, 0.25) is 5.15 Å². The second-order valence-electron chi connectivity index (χ2n) is 4.59. The molecule has 0 aliphatic heterocycles. The largest absolute Gasteiger partial charge is 0.352 e. The minimum absolute atomic E-state index is 0. The van der Waals surface area contributed by atoms with Crippen molar-refractivity contribution in [3.05, 3.63) is 46.5 Å². The van der Waals surface area contributed by atoms with Crippen molar-refractivity contribution >= 4 is 22.6 Å². The predicted octanol–water partition coefficient (Wildman–Crippen LogP) is 3.80. The van der Waals surface area contributed by atoms with Gasteiger partial charge >= 0.3 is 0 Å². The molecule has 0 saturated carbocycles. The Morgan fingerprint density at radius 1 is 1.05 bits per heavy atom. The molecule has 21 heavy (non-hydrogen) atoms. The van der Waals surface area contributed by atoms with Crippen LogP contribution < -0.4 is 0 Å². The Hall–Kier alpha value is 0.338. The molecule has 3 nitrogen and oxygen atoms in total. The van der Waals surface area contributed by atoms with E-state index in [9.17, 15) is 0 Å². The van der Waals surface area contributed by atoms with E-state index in [4.69, 9.17) is 11.6 Å². The molecule has 0 atom stereocenters. The van der Waals surface area contributed by atoms with Crippen LogP contribution in [0.5, 0.6) is 0 Å². The maximum Gasteiger partial charge on any atom is 0.140 e. The minimum atomic E-state index is 0. The number of halogens is 1. The van der Waals surface area contributed by atoms with Crippen molar-refractivity contribution in [2.24, 2.45) is 0 Å². The maximum atomic E-state index is 6.20. The van der Waals surface area contributed by atoms with E-state index in [-0.39, 0.29) is 65.4 Å². The summed E-state index contributed by atoms with van der Waals surface area (Å²) in [5, 5.41) is 1.31. The number of fused-ring (bicyclic) bond motifs is 1. The third-order valence-electron chi connectivity index (χ3n) is 3.19. The Kier molecular flexibility index (Phi) is 7.15. The molecule has 3 rings (SSSR count). The first-order chi connectivity index (χ1) is 9.08. The van der Waals surface area contributed by atoms with Crippen LogP contribution in [0.3, 0.4) is 0 Å². The summed E-state index contributed by atoms with van der Waals surface area (Å²) >= 11 is 6.20. The molecule has 0 bridgehead atoms. The summed E-state index contributed by atoms with van der Waals surface area (Å²) < 4.78 is 0. The normalized spacial score (nSPS) is 10.1. The number of nitrogens with zero attached hydrogens (tertiary/aromatic N) is 2. The van der Waals surface area contributed by atoms with Gasteiger partial charge in [0.05, 0.1) is 0 Å². The van der Waals surface area contributed by atoms with Crippen molar-refractivity contribution < 1.29 is 65.4 Å². The van der Waals surface area contributed by atoms with E-state index in [1.807, 2.05) is 27.0 Å². The first-order valence-corrected chi connectivity index (χ1v) is 6.36. The van der Waals surface area contributed by atoms with Gasteiger partial charge in [-0.2, -0.15) is 0 Å². The van der Waals surface area contributed by atoms with Crippen molar-refractivity contribution in [3.63, 3.8) is 0 Å². The first-order valence-electron chi connectivity index (χ1n) is 5.98. The van der Waals surface area contributed by atoms with Crippen LogP contribution in [0.25, 0.3) is 22.2 Å². The molecule has 0 unspecified atom stereocenters. The zero-order chi connectivity index (χ0) is 13.6. The maximum absolute atomic E-state index is 6.20. The number of rotatable bonds is 1. The van der Waals surface area contributed by atoms with Crippen LogP contribution in [0, 0.1) is 32.9 Å². The van der Waals surface area contributed by atoms with E-state index in [0.29, 0.717) is 5.15 Å². The molecule has 3 aromatic rings. The van der Waals surface area contributed by atoms with E-state index in [1.54, 1.807) is 0 Å². The van der Waals surface area contributed by atoms with Gasteiger partial charge in [0.2, 0.25) is 0 Å². The van der Waals surface area contributed by atoms with E-state index >= 15 is 0 Å². The molecule has 6 heteroatoms. The molecule has 0 fully saturated rings. The Morgan fingerprint density at radius 3 is 2.29 bits per heavy atom. The monoisotopic (exact) mass is 447 g/mol. The zero-order valence-electron chi connectivity index (χ0n) is 12.1. The van der Waals surface area contributed by atoms with Gasteiger partial charge in [-0.05, 0) is 6.20 Å². The number of aromatic nitrogens is 3. The molecule has 0 saturated heterocycles. The number of aryl methyl sites for hydroxylation is 3. The number of hydrogen-bond donors (Lipinski definition) is 1. The average molecular weight is 448 g/mol. The van der Waals surface area contributed by atoms with Crippen molar-refractivity contribution in [2.45, 2.75) is 20.8 Å². The van der Waals surface area contributed by atoms with Gasteiger partial charge in [0.15, 0.2) is 0 Å². The fourth-order valence-electron chi connectivity index (χ4n) is 2.53. The molecule has 2 radical (unpaired) electrons. The number of benzene rings is 1. The van der Waals surface area contributed by atoms with Gasteiger partial charge < -0.3 is 17.1 Å². The number of nitrogens with one attached hydrogen (secondary N) is 1. The van der Waals surface area contributed by atoms with Crippen LogP contribution in [-0.4, -0.2) is 15.0 Å². The van der Waals surface area contributed by atoms with Gasteiger partial charge in [-0.1, -0.05) is 37.9 Å². The average Bonchev–Trinajstić information content (AvgIpc) is 2.73. The first kappa shape index (κ1) is 19.4. The Bertz CT molecular complexity index is 761. The molecule has 102 valence electrons. The van der Waals surface area contributed by atoms with E-state index in [0.717, 1.165) is 38.9 Å². The summed E-state index contributed by atoms with van der Waals surface area (Å²) in [6, 6.07) is 6.60. The number of H-pyrrole nitrogens is 1. The summed E-state index contributed by atoms with van der Waals surface area (Å²) in [5.74, 6) is 0. The minimum Gasteiger partial charge on any atom is -0.352 e. The Balaban J connectivity index is 0.00000110. The molecular weight excluding hydrogens is 435 g/mol. The van der Waals surface area contributed by atoms with E-state index < -0.39 is 0 Å². The summed E-state index contributed by atoms with van der Waals surface area (Å²) in [4.78, 5) is 11.4. The second kappa shape index (κ2) is 7.74. The van der Waals surface area contributed by atoms with E-state index in [2.05, 4.69) is 27.1 Å². The zero-order valence-corrected chi connectivity index (χ0v) is 18.5. The molecule has 0 aliphatic rings. The fraction of sp³-hybridized carbons (Fsp3) is 0.200. The standard InChI is InChI=1S/C15H12ClN3.2Y/c1-8-4-9(2)12(10(3)5-8)11-6-17-15-13(11)14(16)18-7-19-15;;/h6-7H,1-3H3,(H,17,18,19);;/q-2;;. The van der Waals surface area contributed by atoms with Crippen molar-refractivity contribution in [2.75, 3.05) is 0 Å². The van der Waals surface area contributed by atoms with Gasteiger partial charge in [-0.3, -0.25) is 16.7 Å². The Morgan fingerprint density at radius 2 is 1.67 bits per heavy atom. The van der Waals surface area contributed by atoms with Crippen LogP contribution >= 0.6 is 11.6 Å². The van der Waals surface area contributed by atoms with Crippen LogP contribution in [0.15, 0.2) is 12.5 Å². The third-order valence-corrected chi connectivity index (χ3v) is 3.48. The van der Waals surface area contributed by atoms with Gasteiger partial charge in [0.1, 0.15) is 17.1 Å². The SMILES string of the molecule is Cc1[c-]c(C)c(-c2c[nH]c3ncnc(Cl)c23)c(C)[c-]1.[Y].[Y]. The number of hydrogen-bond acceptors (Lipinski definition) is 2.